The summed E-state index contributed by atoms with van der Waals surface area (Å²) in [6, 6.07) is 10.2. The van der Waals surface area contributed by atoms with Crippen LogP contribution in [0, 0.1) is 5.41 Å². The molecule has 3 rings (SSSR count). The minimum atomic E-state index is -0.778. The molecule has 5 nitrogen and oxygen atoms in total. The van der Waals surface area contributed by atoms with Crippen LogP contribution in [0.25, 0.3) is 0 Å². The highest BCUT2D eigenvalue weighted by Crippen LogP contribution is 2.63. The number of carbonyl (C=O) groups is 1. The van der Waals surface area contributed by atoms with E-state index < -0.39 is 5.60 Å². The molecular weight excluding hydrogens is 314 g/mol. The summed E-state index contributed by atoms with van der Waals surface area (Å²) in [4.78, 5) is 14.5. The quantitative estimate of drug-likeness (QED) is 0.766. The van der Waals surface area contributed by atoms with Crippen molar-refractivity contribution >= 4 is 6.03 Å². The maximum absolute atomic E-state index is 12.3. The summed E-state index contributed by atoms with van der Waals surface area (Å²) in [5.74, 6) is 0. The third-order valence-electron chi connectivity index (χ3n) is 6.29. The molecule has 1 atom stereocenters. The highest BCUT2D eigenvalue weighted by Gasteiger charge is 2.61. The van der Waals surface area contributed by atoms with E-state index in [9.17, 15) is 9.90 Å². The Bertz CT molecular complexity index is 609. The van der Waals surface area contributed by atoms with E-state index in [1.54, 1.807) is 0 Å². The second-order valence-electron chi connectivity index (χ2n) is 8.57. The average molecular weight is 345 g/mol. The van der Waals surface area contributed by atoms with Crippen LogP contribution in [0.5, 0.6) is 0 Å². The van der Waals surface area contributed by atoms with Gasteiger partial charge >= 0.3 is 6.03 Å². The van der Waals surface area contributed by atoms with Crippen molar-refractivity contribution in [3.05, 3.63) is 35.9 Å². The van der Waals surface area contributed by atoms with Crippen molar-refractivity contribution in [1.82, 2.24) is 15.5 Å². The Balaban J connectivity index is 1.52. The minimum absolute atomic E-state index is 0.00997. The van der Waals surface area contributed by atoms with Crippen molar-refractivity contribution in [3.63, 3.8) is 0 Å². The van der Waals surface area contributed by atoms with E-state index in [-0.39, 0.29) is 16.9 Å². The van der Waals surface area contributed by atoms with E-state index in [4.69, 9.17) is 0 Å². The van der Waals surface area contributed by atoms with Crippen LogP contribution < -0.4 is 10.6 Å². The number of rotatable bonds is 5. The number of carbonyl (C=O) groups excluding carboxylic acids is 1. The molecule has 1 aliphatic heterocycles. The normalized spacial score (nSPS) is 27.5. The zero-order valence-corrected chi connectivity index (χ0v) is 15.6. The van der Waals surface area contributed by atoms with Gasteiger partial charge in [-0.1, -0.05) is 44.2 Å². The Morgan fingerprint density at radius 3 is 2.24 bits per heavy atom. The lowest BCUT2D eigenvalue weighted by Gasteiger charge is -2.36. The highest BCUT2D eigenvalue weighted by molar-refractivity contribution is 5.74. The van der Waals surface area contributed by atoms with Gasteiger partial charge < -0.3 is 20.6 Å². The lowest BCUT2D eigenvalue weighted by Crippen LogP contribution is -2.52. The van der Waals surface area contributed by atoms with Crippen LogP contribution >= 0.6 is 0 Å². The summed E-state index contributed by atoms with van der Waals surface area (Å²) < 4.78 is 0. The Hall–Kier alpha value is -1.59. The standard InChI is InChI=1S/C20H31N3O2/c1-18(2)13-20(18,16-7-5-4-6-8-16)15-22-17(24)21-14-19(25)9-11-23(3)12-10-19/h4-8,25H,9-15H2,1-3H3,(H2,21,22,24)/t20-/m1/s1. The minimum Gasteiger partial charge on any atom is -0.388 e. The fourth-order valence-corrected chi connectivity index (χ4v) is 4.11. The fourth-order valence-electron chi connectivity index (χ4n) is 4.11. The van der Waals surface area contributed by atoms with Crippen molar-refractivity contribution in [2.45, 2.75) is 44.1 Å². The van der Waals surface area contributed by atoms with E-state index >= 15 is 0 Å². The van der Waals surface area contributed by atoms with Crippen molar-refractivity contribution < 1.29 is 9.90 Å². The first-order valence-corrected chi connectivity index (χ1v) is 9.25. The van der Waals surface area contributed by atoms with Gasteiger partial charge in [0.15, 0.2) is 0 Å². The number of nitrogens with one attached hydrogen (secondary N) is 2. The molecule has 0 unspecified atom stereocenters. The predicted molar refractivity (Wildman–Crippen MR) is 99.6 cm³/mol. The molecule has 0 radical (unpaired) electrons. The number of hydrogen-bond donors (Lipinski definition) is 3. The van der Waals surface area contributed by atoms with Gasteiger partial charge in [-0.2, -0.15) is 0 Å². The number of aliphatic hydroxyl groups is 1. The molecule has 138 valence electrons. The SMILES string of the molecule is CN1CCC(O)(CNC(=O)NC[C@@]2(c3ccccc3)CC2(C)C)CC1. The maximum Gasteiger partial charge on any atom is 0.314 e. The lowest BCUT2D eigenvalue weighted by molar-refractivity contribution is -0.0122. The van der Waals surface area contributed by atoms with Gasteiger partial charge in [0.25, 0.3) is 0 Å². The van der Waals surface area contributed by atoms with Crippen LogP contribution in [0.4, 0.5) is 4.79 Å². The zero-order valence-electron chi connectivity index (χ0n) is 15.6. The molecule has 1 aromatic carbocycles. The molecule has 0 spiro atoms. The summed E-state index contributed by atoms with van der Waals surface area (Å²) in [5, 5.41) is 16.5. The molecule has 1 aliphatic carbocycles. The fraction of sp³-hybridized carbons (Fsp3) is 0.650. The van der Waals surface area contributed by atoms with Gasteiger partial charge in [0, 0.05) is 31.6 Å². The van der Waals surface area contributed by atoms with Gasteiger partial charge in [-0.3, -0.25) is 0 Å². The van der Waals surface area contributed by atoms with Crippen molar-refractivity contribution in [1.29, 1.82) is 0 Å². The van der Waals surface area contributed by atoms with Crippen LogP contribution in [0.1, 0.15) is 38.7 Å². The van der Waals surface area contributed by atoms with Crippen molar-refractivity contribution in [2.75, 3.05) is 33.2 Å². The van der Waals surface area contributed by atoms with Crippen LogP contribution in [0.2, 0.25) is 0 Å². The van der Waals surface area contributed by atoms with E-state index in [2.05, 4.69) is 60.7 Å². The molecule has 1 aromatic rings. The molecule has 5 heteroatoms. The van der Waals surface area contributed by atoms with E-state index in [0.29, 0.717) is 25.9 Å². The molecule has 2 amide bonds. The molecule has 25 heavy (non-hydrogen) atoms. The monoisotopic (exact) mass is 345 g/mol. The molecule has 0 bridgehead atoms. The summed E-state index contributed by atoms with van der Waals surface area (Å²) >= 11 is 0. The van der Waals surface area contributed by atoms with Gasteiger partial charge in [-0.05, 0) is 37.3 Å². The van der Waals surface area contributed by atoms with Gasteiger partial charge in [-0.15, -0.1) is 0 Å². The smallest absolute Gasteiger partial charge is 0.314 e. The maximum atomic E-state index is 12.3. The van der Waals surface area contributed by atoms with Crippen LogP contribution in [-0.2, 0) is 5.41 Å². The van der Waals surface area contributed by atoms with Gasteiger partial charge in [-0.25, -0.2) is 4.79 Å². The van der Waals surface area contributed by atoms with Gasteiger partial charge in [0.05, 0.1) is 5.60 Å². The third kappa shape index (κ3) is 3.82. The Kier molecular flexibility index (Phi) is 4.82. The number of hydrogen-bond acceptors (Lipinski definition) is 3. The largest absolute Gasteiger partial charge is 0.388 e. The number of amides is 2. The first kappa shape index (κ1) is 18.2. The Labute approximate surface area is 150 Å². The lowest BCUT2D eigenvalue weighted by atomic mass is 9.88. The average Bonchev–Trinajstić information content (AvgIpc) is 3.18. The second kappa shape index (κ2) is 6.61. The Morgan fingerprint density at radius 1 is 1.12 bits per heavy atom. The summed E-state index contributed by atoms with van der Waals surface area (Å²) in [6.07, 6.45) is 2.47. The van der Waals surface area contributed by atoms with Crippen molar-refractivity contribution in [3.8, 4) is 0 Å². The Morgan fingerprint density at radius 2 is 1.68 bits per heavy atom. The molecule has 2 fully saturated rings. The summed E-state index contributed by atoms with van der Waals surface area (Å²) in [7, 11) is 2.06. The number of urea groups is 1. The molecule has 0 aromatic heterocycles. The molecule has 1 heterocycles. The predicted octanol–water partition coefficient (Wildman–Crippen LogP) is 2.11. The third-order valence-corrected chi connectivity index (χ3v) is 6.29. The molecule has 1 saturated carbocycles. The summed E-state index contributed by atoms with van der Waals surface area (Å²) in [6.45, 7) is 7.17. The number of likely N-dealkylation sites (tertiary alicyclic amines) is 1. The number of piperidine rings is 1. The highest BCUT2D eigenvalue weighted by atomic mass is 16.3. The van der Waals surface area contributed by atoms with Gasteiger partial charge in [0.2, 0.25) is 0 Å². The molecular formula is C20H31N3O2. The molecule has 3 N–H and O–H groups in total. The first-order valence-electron chi connectivity index (χ1n) is 9.25. The topological polar surface area (TPSA) is 64.6 Å². The van der Waals surface area contributed by atoms with Crippen LogP contribution in [0.3, 0.4) is 0 Å². The first-order chi connectivity index (χ1) is 11.8. The zero-order chi connectivity index (χ0) is 18.1. The van der Waals surface area contributed by atoms with Gasteiger partial charge in [0.1, 0.15) is 0 Å². The van der Waals surface area contributed by atoms with Crippen molar-refractivity contribution in [2.24, 2.45) is 5.41 Å². The van der Waals surface area contributed by atoms with Crippen LogP contribution in [0.15, 0.2) is 30.3 Å². The van der Waals surface area contributed by atoms with E-state index in [0.717, 1.165) is 19.5 Å². The van der Waals surface area contributed by atoms with Crippen LogP contribution in [-0.4, -0.2) is 54.9 Å². The van der Waals surface area contributed by atoms with E-state index in [1.807, 2.05) is 6.07 Å². The molecule has 1 saturated heterocycles. The number of benzene rings is 1. The second-order valence-corrected chi connectivity index (χ2v) is 8.57. The van der Waals surface area contributed by atoms with E-state index in [1.165, 1.54) is 5.56 Å². The molecule has 2 aliphatic rings. The number of nitrogens with zero attached hydrogens (tertiary/aromatic N) is 1. The summed E-state index contributed by atoms with van der Waals surface area (Å²) in [5.41, 5.74) is 0.707.